The number of carbonyl (C=O) groups is 2. The zero-order chi connectivity index (χ0) is 11.5. The first-order chi connectivity index (χ1) is 7.69. The molecule has 0 aromatic carbocycles. The molecule has 2 heterocycles. The second-order valence-electron chi connectivity index (χ2n) is 4.22. The van der Waals surface area contributed by atoms with E-state index in [1.807, 2.05) is 4.90 Å². The van der Waals surface area contributed by atoms with Crippen LogP contribution in [-0.2, 0) is 14.3 Å². The maximum Gasteiger partial charge on any atom is 0.246 e. The Bertz CT molecular complexity index is 295. The van der Waals surface area contributed by atoms with Gasteiger partial charge in [-0.05, 0) is 6.42 Å². The third-order valence-corrected chi connectivity index (χ3v) is 3.05. The molecule has 0 aromatic rings. The lowest BCUT2D eigenvalue weighted by molar-refractivity contribution is -0.140. The fourth-order valence-electron chi connectivity index (χ4n) is 2.19. The molecule has 0 unspecified atom stereocenters. The molecule has 0 spiro atoms. The molecule has 6 nitrogen and oxygen atoms in total. The van der Waals surface area contributed by atoms with Crippen molar-refractivity contribution in [2.75, 3.05) is 33.3 Å². The average molecular weight is 227 g/mol. The largest absolute Gasteiger partial charge is 0.366 e. The van der Waals surface area contributed by atoms with Crippen LogP contribution in [-0.4, -0.2) is 62.1 Å². The highest BCUT2D eigenvalue weighted by Crippen LogP contribution is 2.16. The van der Waals surface area contributed by atoms with Gasteiger partial charge in [0.2, 0.25) is 11.8 Å². The van der Waals surface area contributed by atoms with Crippen molar-refractivity contribution in [2.24, 2.45) is 0 Å². The van der Waals surface area contributed by atoms with Crippen molar-refractivity contribution in [1.29, 1.82) is 0 Å². The maximum absolute atomic E-state index is 11.2. The Balaban J connectivity index is 1.88. The summed E-state index contributed by atoms with van der Waals surface area (Å²) in [4.78, 5) is 24.4. The summed E-state index contributed by atoms with van der Waals surface area (Å²) in [6, 6.07) is 0.0275. The number of nitrogens with zero attached hydrogens (tertiary/aromatic N) is 1. The van der Waals surface area contributed by atoms with Crippen LogP contribution < -0.4 is 10.6 Å². The predicted octanol–water partition coefficient (Wildman–Crippen LogP) is -1.68. The number of likely N-dealkylation sites (tertiary alicyclic amines) is 1. The van der Waals surface area contributed by atoms with Crippen LogP contribution in [0.1, 0.15) is 6.42 Å². The second-order valence-corrected chi connectivity index (χ2v) is 4.22. The molecule has 2 aliphatic heterocycles. The lowest BCUT2D eigenvalue weighted by Crippen LogP contribution is -2.60. The average Bonchev–Trinajstić information content (AvgIpc) is 2.28. The zero-order valence-electron chi connectivity index (χ0n) is 9.36. The van der Waals surface area contributed by atoms with Crippen LogP contribution in [0.4, 0.5) is 0 Å². The van der Waals surface area contributed by atoms with E-state index in [1.165, 1.54) is 0 Å². The van der Waals surface area contributed by atoms with Crippen LogP contribution in [0.2, 0.25) is 0 Å². The summed E-state index contributed by atoms with van der Waals surface area (Å²) in [7, 11) is 1.63. The number of morpholine rings is 1. The van der Waals surface area contributed by atoms with Gasteiger partial charge in [0, 0.05) is 20.1 Å². The van der Waals surface area contributed by atoms with E-state index >= 15 is 0 Å². The van der Waals surface area contributed by atoms with Crippen molar-refractivity contribution >= 4 is 11.8 Å². The fraction of sp³-hybridized carbons (Fsp3) is 0.800. The quantitative estimate of drug-likeness (QED) is 0.591. The highest BCUT2D eigenvalue weighted by Gasteiger charge is 2.34. The lowest BCUT2D eigenvalue weighted by atomic mass is 10.0. The summed E-state index contributed by atoms with van der Waals surface area (Å²) >= 11 is 0. The number of hydrogen-bond donors (Lipinski definition) is 2. The third-order valence-electron chi connectivity index (χ3n) is 3.05. The number of fused-ring (bicyclic) bond motifs is 1. The number of likely N-dealkylation sites (N-methyl/N-ethyl adjacent to an activating group) is 1. The van der Waals surface area contributed by atoms with Crippen LogP contribution in [0.3, 0.4) is 0 Å². The third kappa shape index (κ3) is 2.51. The van der Waals surface area contributed by atoms with Crippen LogP contribution in [0, 0.1) is 0 Å². The standard InChI is InChI=1S/C10H17N3O3/c1-11-9(14)5-13-3-2-8-7(4-13)12-10(15)6-16-8/h7-8H,2-6H2,1H3,(H,11,14)(H,12,15)/t7-,8-/m0/s1. The summed E-state index contributed by atoms with van der Waals surface area (Å²) < 4.78 is 5.43. The van der Waals surface area contributed by atoms with Crippen LogP contribution >= 0.6 is 0 Å². The molecular formula is C10H17N3O3. The highest BCUT2D eigenvalue weighted by molar-refractivity contribution is 5.78. The Labute approximate surface area is 94.3 Å². The number of ether oxygens (including phenoxy) is 1. The fourth-order valence-corrected chi connectivity index (χ4v) is 2.19. The van der Waals surface area contributed by atoms with Gasteiger partial charge in [0.05, 0.1) is 18.7 Å². The minimum Gasteiger partial charge on any atom is -0.366 e. The first-order valence-corrected chi connectivity index (χ1v) is 5.53. The summed E-state index contributed by atoms with van der Waals surface area (Å²) in [6.07, 6.45) is 0.973. The summed E-state index contributed by atoms with van der Waals surface area (Å²) in [5.41, 5.74) is 0. The Hall–Kier alpha value is -1.14. The molecule has 0 saturated carbocycles. The van der Waals surface area contributed by atoms with Crippen molar-refractivity contribution in [3.63, 3.8) is 0 Å². The molecule has 90 valence electrons. The van der Waals surface area contributed by atoms with Gasteiger partial charge in [0.1, 0.15) is 6.61 Å². The van der Waals surface area contributed by atoms with E-state index in [0.29, 0.717) is 13.1 Å². The molecule has 2 rings (SSSR count). The summed E-state index contributed by atoms with van der Waals surface area (Å²) in [6.45, 7) is 2.07. The van der Waals surface area contributed by atoms with E-state index in [9.17, 15) is 9.59 Å². The molecule has 2 amide bonds. The first kappa shape index (κ1) is 11.3. The van der Waals surface area contributed by atoms with E-state index in [2.05, 4.69) is 10.6 Å². The molecule has 0 aliphatic carbocycles. The minimum atomic E-state index is -0.0666. The zero-order valence-corrected chi connectivity index (χ0v) is 9.36. The van der Waals surface area contributed by atoms with Crippen molar-refractivity contribution < 1.29 is 14.3 Å². The van der Waals surface area contributed by atoms with E-state index < -0.39 is 0 Å². The van der Waals surface area contributed by atoms with Crippen LogP contribution in [0.5, 0.6) is 0 Å². The molecule has 2 fully saturated rings. The number of carbonyl (C=O) groups excluding carboxylic acids is 2. The van der Waals surface area contributed by atoms with Crippen molar-refractivity contribution in [3.05, 3.63) is 0 Å². The van der Waals surface area contributed by atoms with Gasteiger partial charge < -0.3 is 15.4 Å². The normalized spacial score (nSPS) is 30.4. The summed E-state index contributed by atoms with van der Waals surface area (Å²) in [5.74, 6) is -0.0652. The van der Waals surface area contributed by atoms with Crippen LogP contribution in [0.25, 0.3) is 0 Å². The summed E-state index contributed by atoms with van der Waals surface area (Å²) in [5, 5.41) is 5.50. The lowest BCUT2D eigenvalue weighted by Gasteiger charge is -2.40. The van der Waals surface area contributed by atoms with Gasteiger partial charge in [0.25, 0.3) is 0 Å². The van der Waals surface area contributed by atoms with Gasteiger partial charge in [-0.2, -0.15) is 0 Å². The molecule has 16 heavy (non-hydrogen) atoms. The Morgan fingerprint density at radius 3 is 3.25 bits per heavy atom. The highest BCUT2D eigenvalue weighted by atomic mass is 16.5. The van der Waals surface area contributed by atoms with Gasteiger partial charge in [-0.1, -0.05) is 0 Å². The van der Waals surface area contributed by atoms with Gasteiger partial charge >= 0.3 is 0 Å². The molecular weight excluding hydrogens is 210 g/mol. The van der Waals surface area contributed by atoms with Gasteiger partial charge in [-0.3, -0.25) is 14.5 Å². The minimum absolute atomic E-state index is 0.00139. The predicted molar refractivity (Wildman–Crippen MR) is 56.8 cm³/mol. The molecule has 0 bridgehead atoms. The SMILES string of the molecule is CNC(=O)CN1CC[C@@H]2OCC(=O)N[C@H]2C1. The Kier molecular flexibility index (Phi) is 3.40. The Morgan fingerprint density at radius 2 is 2.50 bits per heavy atom. The molecule has 2 atom stereocenters. The van der Waals surface area contributed by atoms with Gasteiger partial charge in [-0.15, -0.1) is 0 Å². The van der Waals surface area contributed by atoms with Crippen LogP contribution in [0.15, 0.2) is 0 Å². The van der Waals surface area contributed by atoms with Gasteiger partial charge in [0.15, 0.2) is 0 Å². The molecule has 6 heteroatoms. The maximum atomic E-state index is 11.2. The topological polar surface area (TPSA) is 70.7 Å². The smallest absolute Gasteiger partial charge is 0.246 e. The number of amides is 2. The number of nitrogens with one attached hydrogen (secondary N) is 2. The Morgan fingerprint density at radius 1 is 1.69 bits per heavy atom. The van der Waals surface area contributed by atoms with E-state index in [1.54, 1.807) is 7.05 Å². The molecule has 2 aliphatic rings. The molecule has 0 radical (unpaired) electrons. The number of piperidine rings is 1. The first-order valence-electron chi connectivity index (χ1n) is 5.53. The van der Waals surface area contributed by atoms with Gasteiger partial charge in [-0.25, -0.2) is 0 Å². The molecule has 0 aromatic heterocycles. The van der Waals surface area contributed by atoms with E-state index in [0.717, 1.165) is 13.0 Å². The van der Waals surface area contributed by atoms with Crippen molar-refractivity contribution in [1.82, 2.24) is 15.5 Å². The van der Waals surface area contributed by atoms with Crippen molar-refractivity contribution in [2.45, 2.75) is 18.6 Å². The van der Waals surface area contributed by atoms with Crippen molar-refractivity contribution in [3.8, 4) is 0 Å². The van der Waals surface area contributed by atoms with E-state index in [4.69, 9.17) is 4.74 Å². The second kappa shape index (κ2) is 4.80. The number of rotatable bonds is 2. The monoisotopic (exact) mass is 227 g/mol. The molecule has 2 N–H and O–H groups in total. The number of hydrogen-bond acceptors (Lipinski definition) is 4. The van der Waals surface area contributed by atoms with E-state index in [-0.39, 0.29) is 30.6 Å². The molecule has 2 saturated heterocycles.